The summed E-state index contributed by atoms with van der Waals surface area (Å²) in [7, 11) is 0. The highest BCUT2D eigenvalue weighted by atomic mass is 79.9. The van der Waals surface area contributed by atoms with Crippen molar-refractivity contribution in [2.45, 2.75) is 17.0 Å². The van der Waals surface area contributed by atoms with Crippen molar-refractivity contribution >= 4 is 33.4 Å². The molecule has 0 N–H and O–H groups in total. The Bertz CT molecular complexity index is 865. The summed E-state index contributed by atoms with van der Waals surface area (Å²) in [6, 6.07) is 12.5. The Labute approximate surface area is 144 Å². The SMILES string of the molecule is Cc1ccc(-c2nnc(Sc3ccc(Br)cc3[N+](=O)[O-])o2)cc1. The molecule has 0 aliphatic heterocycles. The van der Waals surface area contributed by atoms with Crippen molar-refractivity contribution in [3.8, 4) is 11.5 Å². The molecule has 3 aromatic rings. The number of nitro benzene ring substituents is 1. The van der Waals surface area contributed by atoms with Gasteiger partial charge in [0.2, 0.25) is 5.89 Å². The molecule has 2 aromatic carbocycles. The molecule has 8 heteroatoms. The second-order valence-electron chi connectivity index (χ2n) is 4.71. The van der Waals surface area contributed by atoms with Gasteiger partial charge in [0.15, 0.2) is 0 Å². The van der Waals surface area contributed by atoms with Crippen LogP contribution in [0.25, 0.3) is 11.5 Å². The van der Waals surface area contributed by atoms with E-state index in [0.717, 1.165) is 22.9 Å². The van der Waals surface area contributed by atoms with Gasteiger partial charge < -0.3 is 4.42 Å². The molecule has 0 fully saturated rings. The second-order valence-corrected chi connectivity index (χ2v) is 6.62. The minimum Gasteiger partial charge on any atom is -0.411 e. The van der Waals surface area contributed by atoms with E-state index in [1.165, 1.54) is 6.07 Å². The third-order valence-electron chi connectivity index (χ3n) is 3.02. The Balaban J connectivity index is 1.87. The number of hydrogen-bond donors (Lipinski definition) is 0. The van der Waals surface area contributed by atoms with E-state index in [2.05, 4.69) is 26.1 Å². The summed E-state index contributed by atoms with van der Waals surface area (Å²) >= 11 is 4.29. The zero-order valence-corrected chi connectivity index (χ0v) is 14.3. The maximum atomic E-state index is 11.1. The zero-order valence-electron chi connectivity index (χ0n) is 11.9. The first kappa shape index (κ1) is 15.7. The van der Waals surface area contributed by atoms with E-state index < -0.39 is 4.92 Å². The predicted octanol–water partition coefficient (Wildman–Crippen LogP) is 4.87. The Hall–Kier alpha value is -2.19. The van der Waals surface area contributed by atoms with E-state index in [1.54, 1.807) is 12.1 Å². The molecule has 0 radical (unpaired) electrons. The molecule has 0 aliphatic carbocycles. The van der Waals surface area contributed by atoms with Gasteiger partial charge in [-0.3, -0.25) is 10.1 Å². The van der Waals surface area contributed by atoms with Gasteiger partial charge in [0.05, 0.1) is 9.82 Å². The van der Waals surface area contributed by atoms with Crippen molar-refractivity contribution < 1.29 is 9.34 Å². The fraction of sp³-hybridized carbons (Fsp3) is 0.0667. The van der Waals surface area contributed by atoms with E-state index in [9.17, 15) is 10.1 Å². The number of benzene rings is 2. The Kier molecular flexibility index (Phi) is 4.44. The monoisotopic (exact) mass is 391 g/mol. The summed E-state index contributed by atoms with van der Waals surface area (Å²) in [5, 5.41) is 19.3. The van der Waals surface area contributed by atoms with E-state index in [0.29, 0.717) is 15.3 Å². The van der Waals surface area contributed by atoms with E-state index in [4.69, 9.17) is 4.42 Å². The van der Waals surface area contributed by atoms with Crippen LogP contribution in [0.3, 0.4) is 0 Å². The first-order valence-electron chi connectivity index (χ1n) is 6.55. The topological polar surface area (TPSA) is 82.1 Å². The average Bonchev–Trinajstić information content (AvgIpc) is 2.98. The van der Waals surface area contributed by atoms with Gasteiger partial charge in [-0.1, -0.05) is 33.6 Å². The minimum absolute atomic E-state index is 0.0144. The number of aryl methyl sites for hydroxylation is 1. The first-order valence-corrected chi connectivity index (χ1v) is 8.16. The molecule has 0 amide bonds. The van der Waals surface area contributed by atoms with Gasteiger partial charge in [-0.15, -0.1) is 10.2 Å². The lowest BCUT2D eigenvalue weighted by atomic mass is 10.1. The maximum absolute atomic E-state index is 11.1. The summed E-state index contributed by atoms with van der Waals surface area (Å²) < 4.78 is 6.22. The molecule has 0 atom stereocenters. The first-order chi connectivity index (χ1) is 11.0. The lowest BCUT2D eigenvalue weighted by Crippen LogP contribution is -1.90. The molecular weight excluding hydrogens is 382 g/mol. The van der Waals surface area contributed by atoms with Crippen LogP contribution in [0.2, 0.25) is 0 Å². The Morgan fingerprint density at radius 1 is 1.17 bits per heavy atom. The van der Waals surface area contributed by atoms with Gasteiger partial charge in [0.25, 0.3) is 10.9 Å². The average molecular weight is 392 g/mol. The minimum atomic E-state index is -0.440. The largest absolute Gasteiger partial charge is 0.411 e. The van der Waals surface area contributed by atoms with Crippen LogP contribution in [0, 0.1) is 17.0 Å². The van der Waals surface area contributed by atoms with Crippen LogP contribution in [0.1, 0.15) is 5.56 Å². The molecular formula is C15H10BrN3O3S. The quantitative estimate of drug-likeness (QED) is 0.466. The highest BCUT2D eigenvalue weighted by Gasteiger charge is 2.18. The molecule has 116 valence electrons. The van der Waals surface area contributed by atoms with Crippen LogP contribution in [0.15, 0.2) is 61.5 Å². The number of rotatable bonds is 4. The summed E-state index contributed by atoms with van der Waals surface area (Å²) in [4.78, 5) is 11.1. The van der Waals surface area contributed by atoms with Gasteiger partial charge in [-0.05, 0) is 43.0 Å². The molecule has 6 nitrogen and oxygen atoms in total. The molecule has 0 bridgehead atoms. The van der Waals surface area contributed by atoms with Crippen molar-refractivity contribution in [3.63, 3.8) is 0 Å². The van der Waals surface area contributed by atoms with Gasteiger partial charge in [0.1, 0.15) is 0 Å². The number of aromatic nitrogens is 2. The summed E-state index contributed by atoms with van der Waals surface area (Å²) in [6.45, 7) is 1.99. The fourth-order valence-electron chi connectivity index (χ4n) is 1.88. The smallest absolute Gasteiger partial charge is 0.284 e. The summed E-state index contributed by atoms with van der Waals surface area (Å²) in [6.07, 6.45) is 0. The van der Waals surface area contributed by atoms with E-state index in [1.807, 2.05) is 31.2 Å². The molecule has 0 saturated heterocycles. The molecule has 0 aliphatic rings. The van der Waals surface area contributed by atoms with Crippen LogP contribution >= 0.6 is 27.7 Å². The lowest BCUT2D eigenvalue weighted by Gasteiger charge is -2.00. The lowest BCUT2D eigenvalue weighted by molar-refractivity contribution is -0.387. The second kappa shape index (κ2) is 6.51. The van der Waals surface area contributed by atoms with Crippen LogP contribution in [-0.2, 0) is 0 Å². The number of hydrogen-bond acceptors (Lipinski definition) is 6. The number of nitro groups is 1. The molecule has 3 rings (SSSR count). The molecule has 1 aromatic heterocycles. The van der Waals surface area contributed by atoms with Crippen molar-refractivity contribution in [1.82, 2.24) is 10.2 Å². The van der Waals surface area contributed by atoms with Gasteiger partial charge >= 0.3 is 0 Å². The van der Waals surface area contributed by atoms with Crippen LogP contribution in [-0.4, -0.2) is 15.1 Å². The maximum Gasteiger partial charge on any atom is 0.284 e. The molecule has 0 saturated carbocycles. The van der Waals surface area contributed by atoms with Crippen LogP contribution in [0.4, 0.5) is 5.69 Å². The molecule has 0 unspecified atom stereocenters. The normalized spacial score (nSPS) is 10.7. The molecule has 1 heterocycles. The zero-order chi connectivity index (χ0) is 16.4. The fourth-order valence-corrected chi connectivity index (χ4v) is 2.99. The van der Waals surface area contributed by atoms with Crippen molar-refractivity contribution in [1.29, 1.82) is 0 Å². The summed E-state index contributed by atoms with van der Waals surface area (Å²) in [5.74, 6) is 0.382. The summed E-state index contributed by atoms with van der Waals surface area (Å²) in [5.41, 5.74) is 1.92. The van der Waals surface area contributed by atoms with Gasteiger partial charge in [-0.2, -0.15) is 0 Å². The number of halogens is 1. The number of nitrogens with zero attached hydrogens (tertiary/aromatic N) is 3. The Morgan fingerprint density at radius 2 is 1.91 bits per heavy atom. The van der Waals surface area contributed by atoms with Crippen LogP contribution in [0.5, 0.6) is 0 Å². The van der Waals surface area contributed by atoms with Gasteiger partial charge in [0, 0.05) is 16.1 Å². The third kappa shape index (κ3) is 3.59. The van der Waals surface area contributed by atoms with Crippen molar-refractivity contribution in [2.75, 3.05) is 0 Å². The molecule has 0 spiro atoms. The van der Waals surface area contributed by atoms with Crippen molar-refractivity contribution in [3.05, 3.63) is 62.6 Å². The van der Waals surface area contributed by atoms with Crippen LogP contribution < -0.4 is 0 Å². The Morgan fingerprint density at radius 3 is 2.61 bits per heavy atom. The van der Waals surface area contributed by atoms with Gasteiger partial charge in [-0.25, -0.2) is 0 Å². The standard InChI is InChI=1S/C15H10BrN3O3S/c1-9-2-4-10(5-3-9)14-17-18-15(22-14)23-13-7-6-11(16)8-12(13)19(20)21/h2-8H,1H3. The third-order valence-corrected chi connectivity index (χ3v) is 4.42. The highest BCUT2D eigenvalue weighted by Crippen LogP contribution is 2.36. The van der Waals surface area contributed by atoms with E-state index in [-0.39, 0.29) is 10.9 Å². The van der Waals surface area contributed by atoms with Crippen molar-refractivity contribution in [2.24, 2.45) is 0 Å². The molecule has 23 heavy (non-hydrogen) atoms. The predicted molar refractivity (Wildman–Crippen MR) is 89.4 cm³/mol. The highest BCUT2D eigenvalue weighted by molar-refractivity contribution is 9.10. The van der Waals surface area contributed by atoms with E-state index >= 15 is 0 Å².